The van der Waals surface area contributed by atoms with Crippen molar-refractivity contribution in [3.05, 3.63) is 0 Å². The number of hydrogen-bond donors (Lipinski definition) is 3. The van der Waals surface area contributed by atoms with E-state index in [1.165, 1.54) is 0 Å². The molecule has 0 aromatic carbocycles. The second-order valence-corrected chi connectivity index (χ2v) is 16.5. The fraction of sp³-hybridized carbons (Fsp3) is 0.941. The maximum absolute atomic E-state index is 13.9. The number of ether oxygens (including phenoxy) is 2. The van der Waals surface area contributed by atoms with Gasteiger partial charge in [0.15, 0.2) is 0 Å². The molecule has 1 spiro atoms. The molecular formula is C34H56NO6-. The Hall–Kier alpha value is -1.18. The first-order valence-corrected chi connectivity index (χ1v) is 16.4. The van der Waals surface area contributed by atoms with Crippen LogP contribution >= 0.6 is 0 Å². The summed E-state index contributed by atoms with van der Waals surface area (Å²) in [5.41, 5.74) is -1.96. The molecule has 0 radical (unpaired) electrons. The van der Waals surface area contributed by atoms with Crippen molar-refractivity contribution in [1.29, 1.82) is 5.41 Å². The lowest BCUT2D eigenvalue weighted by Gasteiger charge is -2.63. The van der Waals surface area contributed by atoms with Crippen LogP contribution in [0, 0.1) is 56.2 Å². The zero-order valence-corrected chi connectivity index (χ0v) is 26.8. The molecule has 41 heavy (non-hydrogen) atoms. The number of rotatable bonds is 9. The van der Waals surface area contributed by atoms with Gasteiger partial charge in [-0.15, -0.1) is 0 Å². The minimum Gasteiger partial charge on any atom is -0.850 e. The average molecular weight is 575 g/mol. The highest BCUT2D eigenvalue weighted by Gasteiger charge is 2.84. The third-order valence-corrected chi connectivity index (χ3v) is 14.0. The van der Waals surface area contributed by atoms with Crippen molar-refractivity contribution in [1.82, 2.24) is 0 Å². The van der Waals surface area contributed by atoms with Gasteiger partial charge in [-0.2, -0.15) is 0 Å². The highest BCUT2D eigenvalue weighted by atomic mass is 16.8. The highest BCUT2D eigenvalue weighted by Crippen LogP contribution is 2.88. The Balaban J connectivity index is 1.42. The molecule has 5 rings (SSSR count). The van der Waals surface area contributed by atoms with Crippen molar-refractivity contribution < 1.29 is 29.6 Å². The van der Waals surface area contributed by atoms with Gasteiger partial charge in [-0.3, -0.25) is 0 Å². The van der Waals surface area contributed by atoms with Gasteiger partial charge in [-0.1, -0.05) is 60.5 Å². The quantitative estimate of drug-likeness (QED) is 0.234. The predicted molar refractivity (Wildman–Crippen MR) is 156 cm³/mol. The number of hydrogen-bond acceptors (Lipinski definition) is 7. The van der Waals surface area contributed by atoms with Gasteiger partial charge in [-0.25, -0.2) is 4.79 Å². The van der Waals surface area contributed by atoms with Crippen molar-refractivity contribution in [2.75, 3.05) is 0 Å². The van der Waals surface area contributed by atoms with E-state index in [4.69, 9.17) is 14.9 Å². The van der Waals surface area contributed by atoms with Crippen LogP contribution in [0.3, 0.4) is 0 Å². The Kier molecular flexibility index (Phi) is 7.56. The highest BCUT2D eigenvalue weighted by molar-refractivity contribution is 5.69. The van der Waals surface area contributed by atoms with E-state index < -0.39 is 35.5 Å². The van der Waals surface area contributed by atoms with E-state index in [1.807, 2.05) is 13.8 Å². The molecular weight excluding hydrogens is 518 g/mol. The van der Waals surface area contributed by atoms with Crippen LogP contribution < -0.4 is 5.11 Å². The molecule has 7 nitrogen and oxygen atoms in total. The van der Waals surface area contributed by atoms with Crippen LogP contribution in [-0.2, 0) is 9.47 Å². The van der Waals surface area contributed by atoms with Crippen LogP contribution in [-0.4, -0.2) is 52.6 Å². The second-order valence-electron chi connectivity index (χ2n) is 16.5. The van der Waals surface area contributed by atoms with E-state index in [1.54, 1.807) is 6.21 Å². The molecule has 5 fully saturated rings. The van der Waals surface area contributed by atoms with Crippen LogP contribution in [0.15, 0.2) is 0 Å². The third-order valence-electron chi connectivity index (χ3n) is 14.0. The first-order chi connectivity index (χ1) is 19.0. The van der Waals surface area contributed by atoms with Crippen molar-refractivity contribution >= 4 is 12.4 Å². The van der Waals surface area contributed by atoms with Gasteiger partial charge in [0.1, 0.15) is 11.7 Å². The topological polar surface area (TPSA) is 123 Å². The molecule has 0 unspecified atom stereocenters. The minimum absolute atomic E-state index is 0.00347. The number of aliphatic hydroxyl groups is 2. The first-order valence-electron chi connectivity index (χ1n) is 16.4. The Morgan fingerprint density at radius 3 is 2.37 bits per heavy atom. The number of unbranched alkanes of at least 4 members (excludes halogenated alkanes) is 1. The van der Waals surface area contributed by atoms with Crippen molar-refractivity contribution in [3.63, 3.8) is 0 Å². The van der Waals surface area contributed by atoms with E-state index in [-0.39, 0.29) is 51.4 Å². The summed E-state index contributed by atoms with van der Waals surface area (Å²) in [4.78, 5) is 11.9. The Morgan fingerprint density at radius 2 is 1.78 bits per heavy atom. The molecule has 12 atom stereocenters. The van der Waals surface area contributed by atoms with Crippen molar-refractivity contribution in [2.24, 2.45) is 50.7 Å². The zero-order chi connectivity index (χ0) is 30.4. The number of cyclic esters (lactones) is 2. The monoisotopic (exact) mass is 574 g/mol. The van der Waals surface area contributed by atoms with Crippen LogP contribution in [0.2, 0.25) is 0 Å². The molecule has 1 saturated heterocycles. The molecule has 7 heteroatoms. The molecule has 234 valence electrons. The van der Waals surface area contributed by atoms with E-state index in [2.05, 4.69) is 41.5 Å². The van der Waals surface area contributed by atoms with E-state index in [0.29, 0.717) is 6.42 Å². The summed E-state index contributed by atoms with van der Waals surface area (Å²) in [6, 6.07) is 0. The van der Waals surface area contributed by atoms with Crippen LogP contribution in [0.5, 0.6) is 0 Å². The smallest absolute Gasteiger partial charge is 0.509 e. The van der Waals surface area contributed by atoms with Gasteiger partial charge < -0.3 is 30.2 Å². The summed E-state index contributed by atoms with van der Waals surface area (Å²) in [5, 5.41) is 45.6. The maximum atomic E-state index is 13.9. The van der Waals surface area contributed by atoms with E-state index in [9.17, 15) is 20.1 Å². The van der Waals surface area contributed by atoms with Crippen LogP contribution in [0.4, 0.5) is 4.79 Å². The van der Waals surface area contributed by atoms with Gasteiger partial charge in [0.05, 0.1) is 6.10 Å². The summed E-state index contributed by atoms with van der Waals surface area (Å²) >= 11 is 0. The second kappa shape index (κ2) is 9.92. The molecule has 5 aliphatic rings. The van der Waals surface area contributed by atoms with Gasteiger partial charge in [-0.05, 0) is 105 Å². The number of nitrogens with one attached hydrogen (secondary N) is 1. The van der Waals surface area contributed by atoms with E-state index >= 15 is 0 Å². The maximum Gasteiger partial charge on any atom is 0.509 e. The Morgan fingerprint density at radius 1 is 1.10 bits per heavy atom. The molecule has 0 aromatic rings. The van der Waals surface area contributed by atoms with Crippen molar-refractivity contribution in [2.45, 2.75) is 150 Å². The Bertz CT molecular complexity index is 1040. The molecule has 4 saturated carbocycles. The fourth-order valence-corrected chi connectivity index (χ4v) is 11.8. The minimum atomic E-state index is -1.05. The largest absolute Gasteiger partial charge is 0.850 e. The van der Waals surface area contributed by atoms with Crippen LogP contribution in [0.1, 0.15) is 120 Å². The SMILES string of the molecule is CCCC[C@@]12C[C@@]13CC[C@H](O)C(C)(C)[C@]3(C=N)CC[C@H]2[C@@]1(C)C[C@@H]([C@H](C)C[C@@H](C)[C@@H]2OC(=O)OC2(C)C)[C@H]([O-])[C@@H]1O. The number of carbonyl (C=O) groups excluding carboxylic acids is 1. The molecule has 0 amide bonds. The van der Waals surface area contributed by atoms with Gasteiger partial charge in [0.25, 0.3) is 0 Å². The lowest BCUT2D eigenvalue weighted by atomic mass is 9.41. The average Bonchev–Trinajstić information content (AvgIpc) is 3.41. The van der Waals surface area contributed by atoms with Crippen LogP contribution in [0.25, 0.3) is 0 Å². The van der Waals surface area contributed by atoms with Crippen molar-refractivity contribution in [3.8, 4) is 0 Å². The molecule has 1 aliphatic heterocycles. The van der Waals surface area contributed by atoms with Gasteiger partial charge in [0.2, 0.25) is 0 Å². The fourth-order valence-electron chi connectivity index (χ4n) is 11.8. The lowest BCUT2D eigenvalue weighted by Crippen LogP contribution is -2.61. The molecule has 4 aliphatic carbocycles. The summed E-state index contributed by atoms with van der Waals surface area (Å²) < 4.78 is 10.9. The standard InChI is InChI=1S/C34H56NO6/c1-9-10-13-32-18-33(32)15-12-24(36)29(4,5)34(33,19-35)14-11-23(32)31(8)17-22(25(37)26(31)38)20(2)16-21(3)27-30(6,7)41-28(39)40-27/h19-27,35-36,38H,9-18H2,1-8H3/q-1/t20-,21-,22+,23+,24+,25+,26+,27+,31-,32+,33+,34-/m1/s1. The first kappa shape index (κ1) is 31.3. The molecule has 0 aromatic heterocycles. The third kappa shape index (κ3) is 4.06. The summed E-state index contributed by atoms with van der Waals surface area (Å²) in [6.07, 6.45) is 7.51. The summed E-state index contributed by atoms with van der Waals surface area (Å²) in [5.74, 6) is 0.177. The predicted octanol–water partition coefficient (Wildman–Crippen LogP) is 5.87. The normalized spacial score (nSPS) is 49.3. The molecule has 0 bridgehead atoms. The van der Waals surface area contributed by atoms with Gasteiger partial charge >= 0.3 is 6.16 Å². The number of aliphatic hydroxyl groups excluding tert-OH is 2. The lowest BCUT2D eigenvalue weighted by molar-refractivity contribution is -0.449. The summed E-state index contributed by atoms with van der Waals surface area (Å²) in [6.45, 7) is 16.7. The van der Waals surface area contributed by atoms with Gasteiger partial charge in [0, 0.05) is 23.1 Å². The van der Waals surface area contributed by atoms with E-state index in [0.717, 1.165) is 57.8 Å². The summed E-state index contributed by atoms with van der Waals surface area (Å²) in [7, 11) is 0. The zero-order valence-electron chi connectivity index (χ0n) is 26.8. The number of carbonyl (C=O) groups is 1. The molecule has 1 heterocycles. The molecule has 3 N–H and O–H groups in total. The Labute approximate surface area is 247 Å².